The molecule has 2 heterocycles. The Labute approximate surface area is 120 Å². The Morgan fingerprint density at radius 3 is 3.00 bits per heavy atom. The predicted molar refractivity (Wildman–Crippen MR) is 79.6 cm³/mol. The topological polar surface area (TPSA) is 47.1 Å². The molecule has 4 nitrogen and oxygen atoms in total. The van der Waals surface area contributed by atoms with E-state index in [1.165, 1.54) is 9.35 Å². The summed E-state index contributed by atoms with van der Waals surface area (Å²) in [6.07, 6.45) is 3.00. The smallest absolute Gasteiger partial charge is 0.145 e. The van der Waals surface area contributed by atoms with Crippen LogP contribution in [-0.2, 0) is 13.1 Å². The average Bonchev–Trinajstić information content (AvgIpc) is 2.88. The van der Waals surface area contributed by atoms with Crippen LogP contribution in [0, 0.1) is 0 Å². The van der Waals surface area contributed by atoms with E-state index in [0.717, 1.165) is 26.1 Å². The minimum Gasteiger partial charge on any atom is -0.382 e. The summed E-state index contributed by atoms with van der Waals surface area (Å²) in [6.45, 7) is 2.96. The zero-order valence-electron chi connectivity index (χ0n) is 10.3. The lowest BCUT2D eigenvalue weighted by Gasteiger charge is -2.15. The fourth-order valence-corrected chi connectivity index (χ4v) is 3.32. The molecule has 0 bridgehead atoms. The van der Waals surface area contributed by atoms with E-state index < -0.39 is 0 Å². The maximum atomic E-state index is 5.57. The first kappa shape index (κ1) is 13.6. The van der Waals surface area contributed by atoms with Crippen molar-refractivity contribution in [3.8, 4) is 0 Å². The number of anilines is 1. The number of nitrogen functional groups attached to an aromatic ring is 1. The molecule has 0 saturated heterocycles. The highest BCUT2D eigenvalue weighted by Gasteiger charge is 2.03. The van der Waals surface area contributed by atoms with Gasteiger partial charge in [-0.1, -0.05) is 0 Å². The Bertz CT molecular complexity index is 494. The van der Waals surface area contributed by atoms with Crippen molar-refractivity contribution in [1.82, 2.24) is 14.7 Å². The number of aryl methyl sites for hydroxylation is 1. The summed E-state index contributed by atoms with van der Waals surface area (Å²) in [5.41, 5.74) is 5.57. The molecular weight excluding hydrogens is 312 g/mol. The van der Waals surface area contributed by atoms with Crippen molar-refractivity contribution in [3.05, 3.63) is 33.1 Å². The third-order valence-electron chi connectivity index (χ3n) is 2.64. The van der Waals surface area contributed by atoms with Crippen LogP contribution < -0.4 is 5.73 Å². The van der Waals surface area contributed by atoms with Crippen LogP contribution in [0.5, 0.6) is 0 Å². The molecule has 0 saturated carbocycles. The van der Waals surface area contributed by atoms with Gasteiger partial charge >= 0.3 is 0 Å². The predicted octanol–water partition coefficient (Wildman–Crippen LogP) is 2.81. The van der Waals surface area contributed by atoms with Crippen LogP contribution in [0.4, 0.5) is 5.82 Å². The molecule has 0 aromatic carbocycles. The Kier molecular flexibility index (Phi) is 4.79. The van der Waals surface area contributed by atoms with Crippen LogP contribution in [0.1, 0.15) is 11.3 Å². The zero-order valence-corrected chi connectivity index (χ0v) is 12.7. The highest BCUT2D eigenvalue weighted by Crippen LogP contribution is 2.20. The number of nitrogens with zero attached hydrogens (tertiary/aromatic N) is 3. The number of hydrogen-bond acceptors (Lipinski definition) is 4. The number of aromatic nitrogens is 2. The molecule has 18 heavy (non-hydrogen) atoms. The summed E-state index contributed by atoms with van der Waals surface area (Å²) in [5.74, 6) is 0.590. The minimum atomic E-state index is 0.590. The van der Waals surface area contributed by atoms with E-state index in [1.807, 2.05) is 16.9 Å². The summed E-state index contributed by atoms with van der Waals surface area (Å²) < 4.78 is 3.06. The SMILES string of the molecule is CN(CCCn1ccc(N)n1)Cc1cc(Br)cs1. The van der Waals surface area contributed by atoms with Crippen molar-refractivity contribution >= 4 is 33.1 Å². The Morgan fingerprint density at radius 2 is 2.39 bits per heavy atom. The maximum Gasteiger partial charge on any atom is 0.145 e. The number of thiophene rings is 1. The summed E-state index contributed by atoms with van der Waals surface area (Å²) in [7, 11) is 2.14. The molecule has 0 unspecified atom stereocenters. The summed E-state index contributed by atoms with van der Waals surface area (Å²) in [4.78, 5) is 3.71. The van der Waals surface area contributed by atoms with Crippen LogP contribution in [0.3, 0.4) is 0 Å². The van der Waals surface area contributed by atoms with Gasteiger partial charge in [0.15, 0.2) is 0 Å². The van der Waals surface area contributed by atoms with Crippen molar-refractivity contribution in [2.45, 2.75) is 19.5 Å². The number of halogens is 1. The van der Waals surface area contributed by atoms with Crippen LogP contribution >= 0.6 is 27.3 Å². The van der Waals surface area contributed by atoms with E-state index in [2.05, 4.69) is 44.4 Å². The Balaban J connectivity index is 1.70. The van der Waals surface area contributed by atoms with Crippen molar-refractivity contribution in [1.29, 1.82) is 0 Å². The standard InChI is InChI=1S/C12H17BrN4S/c1-16(8-11-7-10(13)9-18-11)4-2-5-17-6-3-12(14)15-17/h3,6-7,9H,2,4-5,8H2,1H3,(H2,14,15). The van der Waals surface area contributed by atoms with Crippen LogP contribution in [-0.4, -0.2) is 28.3 Å². The van der Waals surface area contributed by atoms with E-state index in [0.29, 0.717) is 5.82 Å². The second kappa shape index (κ2) is 6.36. The number of rotatable bonds is 6. The van der Waals surface area contributed by atoms with Crippen molar-refractivity contribution < 1.29 is 0 Å². The van der Waals surface area contributed by atoms with Gasteiger partial charge in [-0.3, -0.25) is 4.68 Å². The lowest BCUT2D eigenvalue weighted by molar-refractivity contribution is 0.314. The third-order valence-corrected chi connectivity index (χ3v) is 4.32. The van der Waals surface area contributed by atoms with Crippen molar-refractivity contribution in [2.75, 3.05) is 19.3 Å². The number of nitrogens with two attached hydrogens (primary N) is 1. The highest BCUT2D eigenvalue weighted by molar-refractivity contribution is 9.10. The van der Waals surface area contributed by atoms with Gasteiger partial charge in [-0.15, -0.1) is 11.3 Å². The average molecular weight is 329 g/mol. The number of hydrogen-bond donors (Lipinski definition) is 1. The van der Waals surface area contributed by atoms with Gasteiger partial charge in [-0.25, -0.2) is 0 Å². The molecule has 0 fully saturated rings. The molecule has 0 radical (unpaired) electrons. The van der Waals surface area contributed by atoms with Crippen LogP contribution in [0.15, 0.2) is 28.2 Å². The van der Waals surface area contributed by atoms with Gasteiger partial charge in [-0.2, -0.15) is 5.10 Å². The second-order valence-corrected chi connectivity index (χ2v) is 6.24. The van der Waals surface area contributed by atoms with Crippen LogP contribution in [0.25, 0.3) is 0 Å². The first-order valence-corrected chi connectivity index (χ1v) is 7.51. The molecule has 6 heteroatoms. The van der Waals surface area contributed by atoms with Crippen molar-refractivity contribution in [3.63, 3.8) is 0 Å². The maximum absolute atomic E-state index is 5.57. The summed E-state index contributed by atoms with van der Waals surface area (Å²) in [5, 5.41) is 6.29. The first-order chi connectivity index (χ1) is 8.63. The molecule has 2 aromatic rings. The van der Waals surface area contributed by atoms with Gasteiger partial charge < -0.3 is 10.6 Å². The second-order valence-electron chi connectivity index (χ2n) is 4.33. The van der Waals surface area contributed by atoms with Gasteiger partial charge in [0.05, 0.1) is 0 Å². The summed E-state index contributed by atoms with van der Waals surface area (Å²) in [6, 6.07) is 4.00. The fraction of sp³-hybridized carbons (Fsp3) is 0.417. The van der Waals surface area contributed by atoms with Crippen molar-refractivity contribution in [2.24, 2.45) is 0 Å². The minimum absolute atomic E-state index is 0.590. The fourth-order valence-electron chi connectivity index (χ4n) is 1.79. The van der Waals surface area contributed by atoms with E-state index in [1.54, 1.807) is 11.3 Å². The molecule has 2 N–H and O–H groups in total. The van der Waals surface area contributed by atoms with Gasteiger partial charge in [0.2, 0.25) is 0 Å². The summed E-state index contributed by atoms with van der Waals surface area (Å²) >= 11 is 5.26. The third kappa shape index (κ3) is 4.12. The molecule has 0 aliphatic heterocycles. The molecule has 0 spiro atoms. The Morgan fingerprint density at radius 1 is 1.56 bits per heavy atom. The lowest BCUT2D eigenvalue weighted by atomic mass is 10.3. The van der Waals surface area contributed by atoms with Gasteiger partial charge in [-0.05, 0) is 48.1 Å². The largest absolute Gasteiger partial charge is 0.382 e. The normalized spacial score (nSPS) is 11.3. The molecule has 0 aliphatic carbocycles. The first-order valence-electron chi connectivity index (χ1n) is 5.84. The van der Waals surface area contributed by atoms with Crippen LogP contribution in [0.2, 0.25) is 0 Å². The Hall–Kier alpha value is -0.850. The molecule has 0 aliphatic rings. The molecule has 2 rings (SSSR count). The lowest BCUT2D eigenvalue weighted by Crippen LogP contribution is -2.20. The van der Waals surface area contributed by atoms with Gasteiger partial charge in [0.25, 0.3) is 0 Å². The molecule has 0 atom stereocenters. The van der Waals surface area contributed by atoms with Gasteiger partial charge in [0, 0.05) is 34.0 Å². The molecule has 0 amide bonds. The van der Waals surface area contributed by atoms with E-state index in [4.69, 9.17) is 5.73 Å². The van der Waals surface area contributed by atoms with Gasteiger partial charge in [0.1, 0.15) is 5.82 Å². The molecular formula is C12H17BrN4S. The quantitative estimate of drug-likeness (QED) is 0.886. The zero-order chi connectivity index (χ0) is 13.0. The molecule has 98 valence electrons. The van der Waals surface area contributed by atoms with E-state index in [9.17, 15) is 0 Å². The monoisotopic (exact) mass is 328 g/mol. The van der Waals surface area contributed by atoms with E-state index >= 15 is 0 Å². The highest BCUT2D eigenvalue weighted by atomic mass is 79.9. The van der Waals surface area contributed by atoms with E-state index in [-0.39, 0.29) is 0 Å². The molecule has 2 aromatic heterocycles.